The SMILES string of the molecule is O=C(Cn1ccnn1)NC1CCCC(C(=O)O)C1. The van der Waals surface area contributed by atoms with E-state index >= 15 is 0 Å². The summed E-state index contributed by atoms with van der Waals surface area (Å²) in [5.74, 6) is -1.27. The van der Waals surface area contributed by atoms with Crippen LogP contribution in [0.1, 0.15) is 25.7 Å². The summed E-state index contributed by atoms with van der Waals surface area (Å²) in [6.45, 7) is 0.119. The molecule has 2 unspecified atom stereocenters. The summed E-state index contributed by atoms with van der Waals surface area (Å²) in [5.41, 5.74) is 0. The molecule has 1 heterocycles. The monoisotopic (exact) mass is 252 g/mol. The van der Waals surface area contributed by atoms with Gasteiger partial charge < -0.3 is 10.4 Å². The number of carboxylic acids is 1. The zero-order valence-electron chi connectivity index (χ0n) is 9.95. The first-order chi connectivity index (χ1) is 8.65. The van der Waals surface area contributed by atoms with Gasteiger partial charge in [0, 0.05) is 12.2 Å². The Morgan fingerprint density at radius 3 is 2.94 bits per heavy atom. The quantitative estimate of drug-likeness (QED) is 0.788. The van der Waals surface area contributed by atoms with Gasteiger partial charge in [0.1, 0.15) is 6.54 Å². The molecule has 18 heavy (non-hydrogen) atoms. The summed E-state index contributed by atoms with van der Waals surface area (Å²) < 4.78 is 1.44. The maximum Gasteiger partial charge on any atom is 0.306 e. The molecule has 0 radical (unpaired) electrons. The molecule has 2 N–H and O–H groups in total. The van der Waals surface area contributed by atoms with Crippen LogP contribution in [0.15, 0.2) is 12.4 Å². The number of aromatic nitrogens is 3. The second-order valence-electron chi connectivity index (χ2n) is 4.57. The smallest absolute Gasteiger partial charge is 0.306 e. The molecule has 7 nitrogen and oxygen atoms in total. The van der Waals surface area contributed by atoms with E-state index in [0.717, 1.165) is 12.8 Å². The number of nitrogens with zero attached hydrogens (tertiary/aromatic N) is 3. The Labute approximate surface area is 104 Å². The first kappa shape index (κ1) is 12.5. The normalized spacial score (nSPS) is 23.6. The minimum atomic E-state index is -0.773. The van der Waals surface area contributed by atoms with Crippen molar-refractivity contribution in [1.82, 2.24) is 20.3 Å². The Kier molecular flexibility index (Phi) is 3.91. The van der Waals surface area contributed by atoms with Gasteiger partial charge in [-0.3, -0.25) is 9.59 Å². The van der Waals surface area contributed by atoms with Crippen molar-refractivity contribution in [2.45, 2.75) is 38.3 Å². The van der Waals surface area contributed by atoms with Crippen molar-refractivity contribution >= 4 is 11.9 Å². The van der Waals surface area contributed by atoms with Gasteiger partial charge in [-0.2, -0.15) is 0 Å². The number of carboxylic acid groups (broad SMARTS) is 1. The van der Waals surface area contributed by atoms with Gasteiger partial charge in [0.25, 0.3) is 0 Å². The average Bonchev–Trinajstić information content (AvgIpc) is 2.82. The minimum absolute atomic E-state index is 0.0455. The number of hydrogen-bond donors (Lipinski definition) is 2. The lowest BCUT2D eigenvalue weighted by molar-refractivity contribution is -0.143. The summed E-state index contributed by atoms with van der Waals surface area (Å²) in [4.78, 5) is 22.6. The van der Waals surface area contributed by atoms with Gasteiger partial charge in [-0.25, -0.2) is 4.68 Å². The molecule has 1 aliphatic carbocycles. The molecule has 1 aromatic rings. The molecule has 0 saturated heterocycles. The third-order valence-corrected chi connectivity index (χ3v) is 3.17. The van der Waals surface area contributed by atoms with E-state index in [2.05, 4.69) is 15.6 Å². The molecule has 0 aromatic carbocycles. The predicted molar refractivity (Wildman–Crippen MR) is 61.5 cm³/mol. The summed E-state index contributed by atoms with van der Waals surface area (Å²) in [6, 6.07) is -0.0455. The van der Waals surface area contributed by atoms with Gasteiger partial charge in [0.2, 0.25) is 5.91 Å². The lowest BCUT2D eigenvalue weighted by Gasteiger charge is -2.27. The molecule has 7 heteroatoms. The Balaban J connectivity index is 1.81. The van der Waals surface area contributed by atoms with Crippen molar-refractivity contribution in [3.8, 4) is 0 Å². The van der Waals surface area contributed by atoms with Crippen molar-refractivity contribution in [3.63, 3.8) is 0 Å². The highest BCUT2D eigenvalue weighted by Gasteiger charge is 2.27. The van der Waals surface area contributed by atoms with E-state index in [9.17, 15) is 9.59 Å². The Morgan fingerprint density at radius 1 is 1.44 bits per heavy atom. The predicted octanol–water partition coefficient (Wildman–Crippen LogP) is 0.0377. The molecular formula is C11H16N4O3. The van der Waals surface area contributed by atoms with Crippen LogP contribution < -0.4 is 5.32 Å². The molecule has 0 bridgehead atoms. The topological polar surface area (TPSA) is 97.1 Å². The van der Waals surface area contributed by atoms with E-state index < -0.39 is 5.97 Å². The highest BCUT2D eigenvalue weighted by molar-refractivity contribution is 5.76. The van der Waals surface area contributed by atoms with Crippen LogP contribution in [-0.2, 0) is 16.1 Å². The molecular weight excluding hydrogens is 236 g/mol. The number of carbonyl (C=O) groups is 2. The number of aliphatic carboxylic acids is 1. The minimum Gasteiger partial charge on any atom is -0.481 e. The number of amides is 1. The molecule has 1 amide bonds. The molecule has 1 aromatic heterocycles. The highest BCUT2D eigenvalue weighted by Crippen LogP contribution is 2.24. The maximum atomic E-state index is 11.7. The molecule has 1 aliphatic rings. The van der Waals surface area contributed by atoms with E-state index in [1.807, 2.05) is 0 Å². The van der Waals surface area contributed by atoms with Crippen LogP contribution in [0.25, 0.3) is 0 Å². The second kappa shape index (κ2) is 5.61. The summed E-state index contributed by atoms with van der Waals surface area (Å²) in [5, 5.41) is 19.1. The van der Waals surface area contributed by atoms with E-state index in [1.165, 1.54) is 10.9 Å². The fraction of sp³-hybridized carbons (Fsp3) is 0.636. The third kappa shape index (κ3) is 3.28. The third-order valence-electron chi connectivity index (χ3n) is 3.17. The Bertz CT molecular complexity index is 418. The Hall–Kier alpha value is -1.92. The van der Waals surface area contributed by atoms with E-state index in [-0.39, 0.29) is 24.4 Å². The molecule has 2 atom stereocenters. The zero-order valence-corrected chi connectivity index (χ0v) is 9.95. The van der Waals surface area contributed by atoms with Gasteiger partial charge in [0.05, 0.1) is 12.1 Å². The first-order valence-electron chi connectivity index (χ1n) is 6.01. The molecule has 0 aliphatic heterocycles. The fourth-order valence-corrected chi connectivity index (χ4v) is 2.28. The summed E-state index contributed by atoms with van der Waals surface area (Å²) >= 11 is 0. The standard InChI is InChI=1S/C11H16N4O3/c16-10(7-15-5-4-12-14-15)13-9-3-1-2-8(6-9)11(17)18/h4-5,8-9H,1-3,6-7H2,(H,13,16)(H,17,18). The van der Waals surface area contributed by atoms with Crippen LogP contribution in [0.5, 0.6) is 0 Å². The van der Waals surface area contributed by atoms with Gasteiger partial charge in [-0.1, -0.05) is 11.6 Å². The Morgan fingerprint density at radius 2 is 2.28 bits per heavy atom. The van der Waals surface area contributed by atoms with Crippen molar-refractivity contribution < 1.29 is 14.7 Å². The first-order valence-corrected chi connectivity index (χ1v) is 6.01. The van der Waals surface area contributed by atoms with Crippen LogP contribution in [0.4, 0.5) is 0 Å². The fourth-order valence-electron chi connectivity index (χ4n) is 2.28. The van der Waals surface area contributed by atoms with Crippen molar-refractivity contribution in [2.24, 2.45) is 5.92 Å². The summed E-state index contributed by atoms with van der Waals surface area (Å²) in [6.07, 6.45) is 6.01. The lowest BCUT2D eigenvalue weighted by Crippen LogP contribution is -2.41. The zero-order chi connectivity index (χ0) is 13.0. The number of rotatable bonds is 4. The number of nitrogens with one attached hydrogen (secondary N) is 1. The van der Waals surface area contributed by atoms with Crippen molar-refractivity contribution in [2.75, 3.05) is 0 Å². The van der Waals surface area contributed by atoms with Crippen LogP contribution >= 0.6 is 0 Å². The lowest BCUT2D eigenvalue weighted by atomic mass is 9.86. The molecule has 98 valence electrons. The number of carbonyl (C=O) groups excluding carboxylic acids is 1. The van der Waals surface area contributed by atoms with Gasteiger partial charge in [0.15, 0.2) is 0 Å². The molecule has 0 spiro atoms. The summed E-state index contributed by atoms with van der Waals surface area (Å²) in [7, 11) is 0. The number of hydrogen-bond acceptors (Lipinski definition) is 4. The molecule has 1 fully saturated rings. The highest BCUT2D eigenvalue weighted by atomic mass is 16.4. The van der Waals surface area contributed by atoms with Gasteiger partial charge in [-0.15, -0.1) is 5.10 Å². The van der Waals surface area contributed by atoms with Crippen LogP contribution in [-0.4, -0.2) is 38.0 Å². The van der Waals surface area contributed by atoms with Gasteiger partial charge in [-0.05, 0) is 19.3 Å². The maximum absolute atomic E-state index is 11.7. The largest absolute Gasteiger partial charge is 0.481 e. The molecule has 1 saturated carbocycles. The van der Waals surface area contributed by atoms with E-state index in [0.29, 0.717) is 12.8 Å². The van der Waals surface area contributed by atoms with E-state index in [4.69, 9.17) is 5.11 Å². The van der Waals surface area contributed by atoms with E-state index in [1.54, 1.807) is 6.20 Å². The van der Waals surface area contributed by atoms with Crippen molar-refractivity contribution in [3.05, 3.63) is 12.4 Å². The van der Waals surface area contributed by atoms with Gasteiger partial charge >= 0.3 is 5.97 Å². The van der Waals surface area contributed by atoms with Crippen LogP contribution in [0.3, 0.4) is 0 Å². The second-order valence-corrected chi connectivity index (χ2v) is 4.57. The van der Waals surface area contributed by atoms with Crippen molar-refractivity contribution in [1.29, 1.82) is 0 Å². The molecule has 2 rings (SSSR count). The van der Waals surface area contributed by atoms with Crippen LogP contribution in [0.2, 0.25) is 0 Å². The van der Waals surface area contributed by atoms with Crippen LogP contribution in [0, 0.1) is 5.92 Å². The average molecular weight is 252 g/mol.